The Kier molecular flexibility index (Phi) is 9.23. The molecule has 0 radical (unpaired) electrons. The van der Waals surface area contributed by atoms with E-state index in [1.165, 1.54) is 111 Å². The van der Waals surface area contributed by atoms with Crippen LogP contribution in [0.25, 0.3) is 88.3 Å². The van der Waals surface area contributed by atoms with Gasteiger partial charge in [-0.25, -0.2) is 0 Å². The largest absolute Gasteiger partial charge is 0.300 e. The minimum atomic E-state index is -0.493. The molecule has 1 nitrogen and oxygen atoms in total. The first-order chi connectivity index (χ1) is 36.9. The summed E-state index contributed by atoms with van der Waals surface area (Å²) >= 11 is 0. The predicted octanol–water partition coefficient (Wildman–Crippen LogP) is 18.6. The van der Waals surface area contributed by atoms with E-state index in [0.717, 1.165) is 38.6 Å². The summed E-state index contributed by atoms with van der Waals surface area (Å²) < 4.78 is 0. The second-order valence-electron chi connectivity index (χ2n) is 20.6. The lowest BCUT2D eigenvalue weighted by molar-refractivity contribution is 0.794. The Morgan fingerprint density at radius 1 is 0.333 bits per heavy atom. The molecule has 0 saturated carbocycles. The molecule has 4 aliphatic rings. The van der Waals surface area contributed by atoms with Crippen molar-refractivity contribution in [1.82, 2.24) is 0 Å². The minimum Gasteiger partial charge on any atom is -0.300 e. The van der Waals surface area contributed by atoms with E-state index < -0.39 is 10.8 Å². The normalized spacial score (nSPS) is 14.2. The maximum atomic E-state index is 9.60. The van der Waals surface area contributed by atoms with E-state index in [9.17, 15) is 5.41 Å². The van der Waals surface area contributed by atoms with Crippen LogP contribution in [-0.4, -0.2) is 5.71 Å². The zero-order valence-corrected chi connectivity index (χ0v) is 41.6. The molecule has 0 unspecified atom stereocenters. The molecule has 75 heavy (non-hydrogen) atoms. The highest BCUT2D eigenvalue weighted by atomic mass is 14.5. The molecule has 2 spiro atoms. The number of fused-ring (bicyclic) bond motifs is 22. The molecule has 0 aliphatic heterocycles. The molecule has 0 fully saturated rings. The van der Waals surface area contributed by atoms with Gasteiger partial charge in [0.15, 0.2) is 0 Å². The van der Waals surface area contributed by atoms with Crippen LogP contribution < -0.4 is 0 Å². The van der Waals surface area contributed by atoms with Gasteiger partial charge >= 0.3 is 0 Å². The minimum absolute atomic E-state index is 0.408. The number of rotatable bonds is 7. The molecule has 0 bridgehead atoms. The number of hydrogen-bond donors (Lipinski definition) is 1. The van der Waals surface area contributed by atoms with Gasteiger partial charge in [-0.15, -0.1) is 0 Å². The zero-order chi connectivity index (χ0) is 50.2. The van der Waals surface area contributed by atoms with Gasteiger partial charge in [0.25, 0.3) is 0 Å². The molecule has 1 N–H and O–H groups in total. The lowest BCUT2D eigenvalue weighted by Gasteiger charge is -2.31. The summed E-state index contributed by atoms with van der Waals surface area (Å²) in [4.78, 5) is 0. The number of hydrogen-bond acceptors (Lipinski definition) is 1. The Bertz CT molecular complexity index is 4310. The van der Waals surface area contributed by atoms with Crippen molar-refractivity contribution in [3.8, 4) is 66.8 Å². The van der Waals surface area contributed by atoms with Crippen LogP contribution in [0, 0.1) is 5.41 Å². The average Bonchev–Trinajstić information content (AvgIpc) is 4.17. The molecule has 11 aromatic carbocycles. The molecule has 0 amide bonds. The maximum Gasteiger partial charge on any atom is 0.0725 e. The van der Waals surface area contributed by atoms with E-state index in [1.807, 2.05) is 31.2 Å². The van der Waals surface area contributed by atoms with Gasteiger partial charge in [0, 0.05) is 5.56 Å². The third kappa shape index (κ3) is 5.70. The third-order valence-corrected chi connectivity index (χ3v) is 17.1. The van der Waals surface area contributed by atoms with Crippen LogP contribution in [0.15, 0.2) is 273 Å². The molecular formula is C74H49N. The van der Waals surface area contributed by atoms with E-state index in [2.05, 4.69) is 238 Å². The zero-order valence-electron chi connectivity index (χ0n) is 41.6. The van der Waals surface area contributed by atoms with E-state index >= 15 is 0 Å². The Morgan fingerprint density at radius 2 is 0.667 bits per heavy atom. The van der Waals surface area contributed by atoms with Gasteiger partial charge in [-0.3, -0.25) is 0 Å². The monoisotopic (exact) mass is 951 g/mol. The first-order valence-corrected chi connectivity index (χ1v) is 26.1. The summed E-state index contributed by atoms with van der Waals surface area (Å²) in [6.45, 7) is 10.5. The number of nitrogens with one attached hydrogen (secondary N) is 1. The molecule has 0 saturated heterocycles. The van der Waals surface area contributed by atoms with Gasteiger partial charge in [0.1, 0.15) is 0 Å². The van der Waals surface area contributed by atoms with Crippen molar-refractivity contribution in [3.63, 3.8) is 0 Å². The van der Waals surface area contributed by atoms with Crippen molar-refractivity contribution < 1.29 is 0 Å². The molecule has 0 aromatic heterocycles. The van der Waals surface area contributed by atoms with Crippen molar-refractivity contribution in [2.45, 2.75) is 17.8 Å². The smallest absolute Gasteiger partial charge is 0.0725 e. The molecule has 11 aromatic rings. The summed E-state index contributed by atoms with van der Waals surface area (Å²) in [6.07, 6.45) is 7.69. The van der Waals surface area contributed by atoms with E-state index in [4.69, 9.17) is 0 Å². The van der Waals surface area contributed by atoms with Crippen LogP contribution in [0.4, 0.5) is 0 Å². The second-order valence-corrected chi connectivity index (χ2v) is 20.6. The third-order valence-electron chi connectivity index (χ3n) is 17.1. The van der Waals surface area contributed by atoms with Crippen LogP contribution in [0.1, 0.15) is 57.0 Å². The fourth-order valence-electron chi connectivity index (χ4n) is 14.2. The number of allylic oxidation sites excluding steroid dienone is 6. The van der Waals surface area contributed by atoms with E-state index in [1.54, 1.807) is 0 Å². The lowest BCUT2D eigenvalue weighted by atomic mass is 9.70. The van der Waals surface area contributed by atoms with Crippen molar-refractivity contribution in [1.29, 1.82) is 5.41 Å². The molecular weight excluding hydrogens is 903 g/mol. The van der Waals surface area contributed by atoms with Gasteiger partial charge in [0.05, 0.1) is 16.5 Å². The molecule has 350 valence electrons. The average molecular weight is 952 g/mol. The van der Waals surface area contributed by atoms with Gasteiger partial charge in [-0.2, -0.15) is 0 Å². The highest BCUT2D eigenvalue weighted by Crippen LogP contribution is 2.65. The highest BCUT2D eigenvalue weighted by Gasteiger charge is 2.53. The van der Waals surface area contributed by atoms with Crippen molar-refractivity contribution in [2.75, 3.05) is 0 Å². The highest BCUT2D eigenvalue weighted by molar-refractivity contribution is 6.23. The van der Waals surface area contributed by atoms with Crippen LogP contribution in [0.5, 0.6) is 0 Å². The quantitative estimate of drug-likeness (QED) is 0.0935. The van der Waals surface area contributed by atoms with Crippen molar-refractivity contribution in [2.24, 2.45) is 0 Å². The Morgan fingerprint density at radius 3 is 1.07 bits per heavy atom. The van der Waals surface area contributed by atoms with E-state index in [-0.39, 0.29) is 0 Å². The van der Waals surface area contributed by atoms with Crippen molar-refractivity contribution >= 4 is 27.3 Å². The Hall–Kier alpha value is -9.43. The van der Waals surface area contributed by atoms with Crippen LogP contribution >= 0.6 is 0 Å². The maximum absolute atomic E-state index is 9.60. The molecule has 4 aliphatic carbocycles. The Balaban J connectivity index is 1.01. The first kappa shape index (κ1) is 43.2. The summed E-state index contributed by atoms with van der Waals surface area (Å²) in [7, 11) is 0. The molecule has 0 atom stereocenters. The molecule has 0 heterocycles. The van der Waals surface area contributed by atoms with Crippen LogP contribution in [0.2, 0.25) is 0 Å². The van der Waals surface area contributed by atoms with Gasteiger partial charge in [-0.05, 0) is 175 Å². The van der Waals surface area contributed by atoms with E-state index in [0.29, 0.717) is 5.71 Å². The first-order valence-electron chi connectivity index (χ1n) is 26.1. The lowest BCUT2D eigenvalue weighted by Crippen LogP contribution is -2.25. The molecule has 1 heteroatoms. The van der Waals surface area contributed by atoms with Gasteiger partial charge < -0.3 is 5.41 Å². The fourth-order valence-corrected chi connectivity index (χ4v) is 14.2. The van der Waals surface area contributed by atoms with Crippen LogP contribution in [0.3, 0.4) is 0 Å². The van der Waals surface area contributed by atoms with Gasteiger partial charge in [-0.1, -0.05) is 238 Å². The molecule has 15 rings (SSSR count). The number of benzene rings is 11. The summed E-state index contributed by atoms with van der Waals surface area (Å²) in [5.41, 5.74) is 27.4. The SMILES string of the molecule is C=C(/C=C\C)C(=C)/C=C\C(=N)c1ccc2c(-c3ccc4c(c3)C3(c5ccccc5-c5ccccc53)c3ccccc3-4)c3ccccc3c(-c3ccc4c(c3)C3(c5ccccc5-c5ccccc53)c3ccccc3-4)c2c1. The summed E-state index contributed by atoms with van der Waals surface area (Å²) in [5.74, 6) is 0. The fraction of sp³-hybridized carbons (Fsp3) is 0.0405. The van der Waals surface area contributed by atoms with Crippen LogP contribution in [-0.2, 0) is 10.8 Å². The summed E-state index contributed by atoms with van der Waals surface area (Å²) in [5, 5.41) is 14.2. The standard InChI is InChI=1S/C74H49N/c1-4-19-45(2)46(3)34-41-70(75)47-35-40-60-61(42-47)72(49-37-39-57-55-25-12-18-33-67(55)74(69(57)44-49)64-30-15-9-22-52(64)53-23-10-16-31-65(53)74)59-27-6-5-26-58(59)71(60)48-36-38-56-54-24-11-17-32-66(54)73(68(56)43-48)62-28-13-7-20-50(62)51-21-8-14-29-63(51)73/h4-44,75H,2-3H2,1H3/b19-4-,41-34-,75-70?. The van der Waals surface area contributed by atoms with Crippen molar-refractivity contribution in [3.05, 3.63) is 323 Å². The van der Waals surface area contributed by atoms with Gasteiger partial charge in [0.2, 0.25) is 0 Å². The Labute approximate surface area is 438 Å². The topological polar surface area (TPSA) is 23.9 Å². The summed E-state index contributed by atoms with van der Waals surface area (Å²) in [6, 6.07) is 84.4. The second kappa shape index (κ2) is 16.0. The predicted molar refractivity (Wildman–Crippen MR) is 314 cm³/mol.